The SMILES string of the molecule is O=C1CCCN1c1cccc(NS(=O)(=O)c2ccc(F)c(Cl)c2)c1. The van der Waals surface area contributed by atoms with Crippen LogP contribution in [0.3, 0.4) is 0 Å². The number of amides is 1. The maximum Gasteiger partial charge on any atom is 0.261 e. The third-order valence-corrected chi connectivity index (χ3v) is 5.35. The summed E-state index contributed by atoms with van der Waals surface area (Å²) in [6.07, 6.45) is 1.27. The van der Waals surface area contributed by atoms with Crippen LogP contribution in [0.1, 0.15) is 12.8 Å². The van der Waals surface area contributed by atoms with Crippen molar-refractivity contribution < 1.29 is 17.6 Å². The fourth-order valence-electron chi connectivity index (χ4n) is 2.52. The van der Waals surface area contributed by atoms with E-state index in [1.807, 2.05) is 0 Å². The molecule has 0 aromatic heterocycles. The summed E-state index contributed by atoms with van der Waals surface area (Å²) < 4.78 is 40.4. The normalized spacial score (nSPS) is 14.9. The van der Waals surface area contributed by atoms with Gasteiger partial charge in [-0.05, 0) is 42.8 Å². The Morgan fingerprint density at radius 2 is 1.96 bits per heavy atom. The Morgan fingerprint density at radius 1 is 1.17 bits per heavy atom. The molecule has 1 aliphatic rings. The van der Waals surface area contributed by atoms with Gasteiger partial charge in [0.2, 0.25) is 5.91 Å². The third kappa shape index (κ3) is 3.37. The van der Waals surface area contributed by atoms with Crippen LogP contribution < -0.4 is 9.62 Å². The van der Waals surface area contributed by atoms with E-state index in [0.717, 1.165) is 24.6 Å². The molecule has 1 saturated heterocycles. The van der Waals surface area contributed by atoms with Crippen molar-refractivity contribution in [3.63, 3.8) is 0 Å². The molecule has 1 N–H and O–H groups in total. The Bertz CT molecular complexity index is 902. The number of nitrogens with zero attached hydrogens (tertiary/aromatic N) is 1. The highest BCUT2D eigenvalue weighted by atomic mass is 35.5. The molecule has 0 bridgehead atoms. The van der Waals surface area contributed by atoms with Crippen molar-refractivity contribution >= 4 is 38.9 Å². The summed E-state index contributed by atoms with van der Waals surface area (Å²) in [6.45, 7) is 0.614. The molecule has 1 amide bonds. The van der Waals surface area contributed by atoms with Gasteiger partial charge >= 0.3 is 0 Å². The van der Waals surface area contributed by atoms with Crippen molar-refractivity contribution in [3.05, 3.63) is 53.3 Å². The molecule has 126 valence electrons. The maximum atomic E-state index is 13.2. The van der Waals surface area contributed by atoms with Crippen molar-refractivity contribution in [2.24, 2.45) is 0 Å². The number of hydrogen-bond donors (Lipinski definition) is 1. The summed E-state index contributed by atoms with van der Waals surface area (Å²) >= 11 is 5.64. The van der Waals surface area contributed by atoms with Crippen molar-refractivity contribution in [2.45, 2.75) is 17.7 Å². The Morgan fingerprint density at radius 3 is 2.62 bits per heavy atom. The second-order valence-corrected chi connectivity index (χ2v) is 7.47. The zero-order chi connectivity index (χ0) is 17.3. The van der Waals surface area contributed by atoms with Crippen LogP contribution in [0.5, 0.6) is 0 Å². The number of carbonyl (C=O) groups is 1. The quantitative estimate of drug-likeness (QED) is 0.899. The van der Waals surface area contributed by atoms with Gasteiger partial charge in [0, 0.05) is 18.7 Å². The van der Waals surface area contributed by atoms with Crippen molar-refractivity contribution in [3.8, 4) is 0 Å². The minimum absolute atomic E-state index is 0.0142. The minimum atomic E-state index is -3.91. The first-order valence-corrected chi connectivity index (χ1v) is 9.11. The van der Waals surface area contributed by atoms with Crippen LogP contribution in [0, 0.1) is 5.82 Å². The molecule has 8 heteroatoms. The summed E-state index contributed by atoms with van der Waals surface area (Å²) in [4.78, 5) is 13.3. The highest BCUT2D eigenvalue weighted by Gasteiger charge is 2.22. The van der Waals surface area contributed by atoms with Crippen molar-refractivity contribution in [1.82, 2.24) is 0 Å². The summed E-state index contributed by atoms with van der Waals surface area (Å²) in [5, 5.41) is -0.269. The van der Waals surface area contributed by atoms with Gasteiger partial charge in [-0.15, -0.1) is 0 Å². The fourth-order valence-corrected chi connectivity index (χ4v) is 3.84. The lowest BCUT2D eigenvalue weighted by molar-refractivity contribution is -0.117. The predicted octanol–water partition coefficient (Wildman–Crippen LogP) is 3.41. The van der Waals surface area contributed by atoms with E-state index < -0.39 is 15.8 Å². The van der Waals surface area contributed by atoms with E-state index in [2.05, 4.69) is 4.72 Å². The summed E-state index contributed by atoms with van der Waals surface area (Å²) in [7, 11) is -3.91. The monoisotopic (exact) mass is 368 g/mol. The molecular weight excluding hydrogens is 355 g/mol. The molecule has 5 nitrogen and oxygen atoms in total. The first-order valence-electron chi connectivity index (χ1n) is 7.25. The number of benzene rings is 2. The van der Waals surface area contributed by atoms with Crippen LogP contribution in [-0.2, 0) is 14.8 Å². The third-order valence-electron chi connectivity index (χ3n) is 3.68. The van der Waals surface area contributed by atoms with Crippen LogP contribution >= 0.6 is 11.6 Å². The zero-order valence-corrected chi connectivity index (χ0v) is 14.1. The molecule has 3 rings (SSSR count). The van der Waals surface area contributed by atoms with Crippen LogP contribution in [0.2, 0.25) is 5.02 Å². The molecule has 1 aliphatic heterocycles. The van der Waals surface area contributed by atoms with E-state index in [-0.39, 0.29) is 15.8 Å². The second-order valence-electron chi connectivity index (χ2n) is 5.38. The standard InChI is InChI=1S/C16H14ClFN2O3S/c17-14-10-13(6-7-15(14)18)24(22,23)19-11-3-1-4-12(9-11)20-8-2-5-16(20)21/h1,3-4,6-7,9-10,19H,2,5,8H2. The van der Waals surface area contributed by atoms with E-state index >= 15 is 0 Å². The Labute approximate surface area is 144 Å². The van der Waals surface area contributed by atoms with Gasteiger partial charge in [0.15, 0.2) is 0 Å². The smallest absolute Gasteiger partial charge is 0.261 e. The van der Waals surface area contributed by atoms with Crippen molar-refractivity contribution in [1.29, 1.82) is 0 Å². The lowest BCUT2D eigenvalue weighted by Crippen LogP contribution is -2.23. The number of hydrogen-bond acceptors (Lipinski definition) is 3. The molecule has 0 radical (unpaired) electrons. The molecule has 1 heterocycles. The number of halogens is 2. The topological polar surface area (TPSA) is 66.5 Å². The van der Waals surface area contributed by atoms with E-state index in [1.54, 1.807) is 29.2 Å². The summed E-state index contributed by atoms with van der Waals surface area (Å²) in [5.41, 5.74) is 0.947. The molecule has 0 unspecified atom stereocenters. The average Bonchev–Trinajstić information content (AvgIpc) is 2.96. The zero-order valence-electron chi connectivity index (χ0n) is 12.5. The highest BCUT2D eigenvalue weighted by Crippen LogP contribution is 2.26. The van der Waals surface area contributed by atoms with E-state index in [1.165, 1.54) is 0 Å². The van der Waals surface area contributed by atoms with Gasteiger partial charge in [-0.1, -0.05) is 17.7 Å². The summed E-state index contributed by atoms with van der Waals surface area (Å²) in [5.74, 6) is -0.675. The molecule has 0 atom stereocenters. The average molecular weight is 369 g/mol. The Balaban J connectivity index is 1.87. The Hall–Kier alpha value is -2.12. The van der Waals surface area contributed by atoms with Gasteiger partial charge < -0.3 is 4.90 Å². The van der Waals surface area contributed by atoms with Gasteiger partial charge in [0.25, 0.3) is 10.0 Å². The van der Waals surface area contributed by atoms with Gasteiger partial charge in [0.1, 0.15) is 5.82 Å². The number of sulfonamides is 1. The molecule has 24 heavy (non-hydrogen) atoms. The van der Waals surface area contributed by atoms with E-state index in [0.29, 0.717) is 24.3 Å². The highest BCUT2D eigenvalue weighted by molar-refractivity contribution is 7.92. The predicted molar refractivity (Wildman–Crippen MR) is 90.2 cm³/mol. The molecule has 1 fully saturated rings. The number of carbonyl (C=O) groups excluding carboxylic acids is 1. The van der Waals surface area contributed by atoms with Crippen LogP contribution in [0.4, 0.5) is 15.8 Å². The number of anilines is 2. The van der Waals surface area contributed by atoms with E-state index in [9.17, 15) is 17.6 Å². The molecule has 2 aromatic carbocycles. The largest absolute Gasteiger partial charge is 0.312 e. The summed E-state index contributed by atoms with van der Waals surface area (Å²) in [6, 6.07) is 9.76. The van der Waals surface area contributed by atoms with Gasteiger partial charge in [0.05, 0.1) is 15.6 Å². The second kappa shape index (κ2) is 6.41. The van der Waals surface area contributed by atoms with Crippen molar-refractivity contribution in [2.75, 3.05) is 16.2 Å². The van der Waals surface area contributed by atoms with Crippen LogP contribution in [-0.4, -0.2) is 20.9 Å². The number of rotatable bonds is 4. The van der Waals surface area contributed by atoms with Gasteiger partial charge in [-0.2, -0.15) is 0 Å². The fraction of sp³-hybridized carbons (Fsp3) is 0.188. The maximum absolute atomic E-state index is 13.2. The minimum Gasteiger partial charge on any atom is -0.312 e. The molecule has 0 saturated carbocycles. The molecular formula is C16H14ClFN2O3S. The molecule has 0 spiro atoms. The molecule has 0 aliphatic carbocycles. The van der Waals surface area contributed by atoms with Gasteiger partial charge in [-0.3, -0.25) is 9.52 Å². The lowest BCUT2D eigenvalue weighted by atomic mass is 10.2. The number of nitrogens with one attached hydrogen (secondary N) is 1. The van der Waals surface area contributed by atoms with E-state index in [4.69, 9.17) is 11.6 Å². The lowest BCUT2D eigenvalue weighted by Gasteiger charge is -2.17. The first kappa shape index (κ1) is 16.7. The van der Waals surface area contributed by atoms with Crippen LogP contribution in [0.15, 0.2) is 47.4 Å². The van der Waals surface area contributed by atoms with Gasteiger partial charge in [-0.25, -0.2) is 12.8 Å². The first-order chi connectivity index (χ1) is 11.4. The Kier molecular flexibility index (Phi) is 4.47. The molecule has 2 aromatic rings. The van der Waals surface area contributed by atoms with Crippen LogP contribution in [0.25, 0.3) is 0 Å².